The molecule has 120 valence electrons. The maximum atomic E-state index is 4.34. The molecule has 0 radical (unpaired) electrons. The first-order chi connectivity index (χ1) is 10.3. The van der Waals surface area contributed by atoms with Crippen LogP contribution in [0.3, 0.4) is 0 Å². The molecule has 1 aromatic rings. The third-order valence-electron chi connectivity index (χ3n) is 4.24. The minimum atomic E-state index is 0.273. The van der Waals surface area contributed by atoms with Gasteiger partial charge in [-0.3, -0.25) is 0 Å². The zero-order valence-corrected chi connectivity index (χ0v) is 14.6. The second kappa shape index (κ2) is 6.60. The van der Waals surface area contributed by atoms with E-state index in [0.29, 0.717) is 6.04 Å². The number of benzene rings is 1. The Bertz CT molecular complexity index is 551. The number of nitrogens with one attached hydrogen (secondary N) is 1. The predicted octanol–water partition coefficient (Wildman–Crippen LogP) is 5.33. The molecule has 22 heavy (non-hydrogen) atoms. The van der Waals surface area contributed by atoms with E-state index in [0.717, 1.165) is 30.8 Å². The third-order valence-corrected chi connectivity index (χ3v) is 4.24. The van der Waals surface area contributed by atoms with Gasteiger partial charge in [-0.05, 0) is 43.2 Å². The summed E-state index contributed by atoms with van der Waals surface area (Å²) >= 11 is 0. The standard InChI is InChI=1S/C20H30N2/c1-15-10-7-8-11-18(15)21-17(3)19-12-9-13-22(19)16(2)14-20(4,5)6/h7-8,10-11,19,21H,2-3,9,12-14H2,1,4-6H3/t19-/m0/s1. The highest BCUT2D eigenvalue weighted by Crippen LogP contribution is 2.33. The minimum absolute atomic E-state index is 0.273. The van der Waals surface area contributed by atoms with Crippen LogP contribution in [-0.4, -0.2) is 17.5 Å². The molecule has 0 amide bonds. The van der Waals surface area contributed by atoms with Crippen molar-refractivity contribution in [2.45, 2.75) is 53.0 Å². The van der Waals surface area contributed by atoms with Crippen molar-refractivity contribution in [3.63, 3.8) is 0 Å². The zero-order valence-electron chi connectivity index (χ0n) is 14.6. The van der Waals surface area contributed by atoms with Gasteiger partial charge in [-0.15, -0.1) is 0 Å². The molecule has 0 bridgehead atoms. The first-order valence-electron chi connectivity index (χ1n) is 8.24. The van der Waals surface area contributed by atoms with E-state index in [9.17, 15) is 0 Å². The molecule has 1 atom stereocenters. The average molecular weight is 298 g/mol. The molecule has 2 nitrogen and oxygen atoms in total. The van der Waals surface area contributed by atoms with Crippen molar-refractivity contribution in [3.8, 4) is 0 Å². The Labute approximate surface area is 135 Å². The van der Waals surface area contributed by atoms with E-state index >= 15 is 0 Å². The smallest absolute Gasteiger partial charge is 0.0683 e. The lowest BCUT2D eigenvalue weighted by Gasteiger charge is -2.33. The van der Waals surface area contributed by atoms with Crippen LogP contribution >= 0.6 is 0 Å². The number of allylic oxidation sites excluding steroid dienone is 1. The second-order valence-corrected chi connectivity index (χ2v) is 7.62. The topological polar surface area (TPSA) is 15.3 Å². The van der Waals surface area contributed by atoms with Crippen LogP contribution in [-0.2, 0) is 0 Å². The largest absolute Gasteiger partial charge is 0.367 e. The van der Waals surface area contributed by atoms with Crippen molar-refractivity contribution in [2.24, 2.45) is 5.41 Å². The monoisotopic (exact) mass is 298 g/mol. The minimum Gasteiger partial charge on any atom is -0.367 e. The lowest BCUT2D eigenvalue weighted by Crippen LogP contribution is -2.33. The number of rotatable bonds is 5. The summed E-state index contributed by atoms with van der Waals surface area (Å²) in [6.45, 7) is 18.7. The van der Waals surface area contributed by atoms with E-state index in [1.54, 1.807) is 0 Å². The molecular weight excluding hydrogens is 268 g/mol. The Morgan fingerprint density at radius 1 is 1.27 bits per heavy atom. The van der Waals surface area contributed by atoms with Gasteiger partial charge in [0.1, 0.15) is 0 Å². The van der Waals surface area contributed by atoms with Crippen LogP contribution < -0.4 is 5.32 Å². The second-order valence-electron chi connectivity index (χ2n) is 7.62. The molecule has 1 saturated heterocycles. The lowest BCUT2D eigenvalue weighted by molar-refractivity contribution is 0.295. The number of hydrogen-bond donors (Lipinski definition) is 1. The summed E-state index contributed by atoms with van der Waals surface area (Å²) in [5.41, 5.74) is 5.00. The van der Waals surface area contributed by atoms with E-state index < -0.39 is 0 Å². The fourth-order valence-corrected chi connectivity index (χ4v) is 3.19. The Balaban J connectivity index is 2.05. The first kappa shape index (κ1) is 16.7. The van der Waals surface area contributed by atoms with Crippen molar-refractivity contribution < 1.29 is 0 Å². The fraction of sp³-hybridized carbons (Fsp3) is 0.500. The van der Waals surface area contributed by atoms with Crippen LogP contribution in [0.15, 0.2) is 48.8 Å². The molecule has 1 aliphatic rings. The van der Waals surface area contributed by atoms with Gasteiger partial charge in [-0.2, -0.15) is 0 Å². The van der Waals surface area contributed by atoms with E-state index in [2.05, 4.69) is 75.3 Å². The molecule has 0 saturated carbocycles. The molecule has 1 aromatic carbocycles. The first-order valence-corrected chi connectivity index (χ1v) is 8.24. The Hall–Kier alpha value is -1.70. The summed E-state index contributed by atoms with van der Waals surface area (Å²) in [5, 5.41) is 3.52. The van der Waals surface area contributed by atoms with Crippen LogP contribution in [0, 0.1) is 12.3 Å². The summed E-state index contributed by atoms with van der Waals surface area (Å²) in [7, 11) is 0. The average Bonchev–Trinajstić information content (AvgIpc) is 2.89. The highest BCUT2D eigenvalue weighted by molar-refractivity contribution is 5.54. The van der Waals surface area contributed by atoms with Gasteiger partial charge in [0.2, 0.25) is 0 Å². The maximum absolute atomic E-state index is 4.34. The van der Waals surface area contributed by atoms with Crippen molar-refractivity contribution in [2.75, 3.05) is 11.9 Å². The summed E-state index contributed by atoms with van der Waals surface area (Å²) in [5.74, 6) is 0. The number of nitrogens with zero attached hydrogens (tertiary/aromatic N) is 1. The lowest BCUT2D eigenvalue weighted by atomic mass is 9.90. The molecular formula is C20H30N2. The quantitative estimate of drug-likeness (QED) is 0.790. The summed E-state index contributed by atoms with van der Waals surface area (Å²) in [6.07, 6.45) is 3.39. The van der Waals surface area contributed by atoms with Gasteiger partial charge in [0.05, 0.1) is 6.04 Å². The van der Waals surface area contributed by atoms with Crippen molar-refractivity contribution in [1.29, 1.82) is 0 Å². The van der Waals surface area contributed by atoms with Gasteiger partial charge < -0.3 is 10.2 Å². The predicted molar refractivity (Wildman–Crippen MR) is 96.9 cm³/mol. The Morgan fingerprint density at radius 2 is 1.95 bits per heavy atom. The number of aryl methyl sites for hydroxylation is 1. The van der Waals surface area contributed by atoms with Gasteiger partial charge in [0.25, 0.3) is 0 Å². The van der Waals surface area contributed by atoms with Gasteiger partial charge in [-0.1, -0.05) is 52.1 Å². The van der Waals surface area contributed by atoms with Crippen LogP contribution in [0.1, 0.15) is 45.6 Å². The van der Waals surface area contributed by atoms with Crippen molar-refractivity contribution in [3.05, 3.63) is 54.4 Å². The Morgan fingerprint density at radius 3 is 2.59 bits per heavy atom. The zero-order chi connectivity index (χ0) is 16.3. The van der Waals surface area contributed by atoms with Crippen LogP contribution in [0.25, 0.3) is 0 Å². The molecule has 2 heteroatoms. The molecule has 0 aliphatic carbocycles. The van der Waals surface area contributed by atoms with Gasteiger partial charge in [0, 0.05) is 23.6 Å². The SMILES string of the molecule is C=C(Nc1ccccc1C)[C@@H]1CCCN1C(=C)CC(C)(C)C. The molecule has 1 N–H and O–H groups in total. The maximum Gasteiger partial charge on any atom is 0.0683 e. The molecule has 1 heterocycles. The number of hydrogen-bond acceptors (Lipinski definition) is 2. The Kier molecular flexibility index (Phi) is 5.00. The molecule has 1 aliphatic heterocycles. The molecule has 0 aromatic heterocycles. The van der Waals surface area contributed by atoms with Crippen molar-refractivity contribution in [1.82, 2.24) is 4.90 Å². The van der Waals surface area contributed by atoms with Crippen molar-refractivity contribution >= 4 is 5.69 Å². The van der Waals surface area contributed by atoms with Crippen LogP contribution in [0.4, 0.5) is 5.69 Å². The molecule has 0 unspecified atom stereocenters. The number of likely N-dealkylation sites (tertiary alicyclic amines) is 1. The van der Waals surface area contributed by atoms with E-state index in [4.69, 9.17) is 0 Å². The van der Waals surface area contributed by atoms with E-state index in [1.807, 2.05) is 0 Å². The van der Waals surface area contributed by atoms with Crippen LogP contribution in [0.2, 0.25) is 0 Å². The normalized spacial score (nSPS) is 18.4. The summed E-state index contributed by atoms with van der Waals surface area (Å²) in [4.78, 5) is 2.44. The summed E-state index contributed by atoms with van der Waals surface area (Å²) < 4.78 is 0. The highest BCUT2D eigenvalue weighted by atomic mass is 15.2. The number of anilines is 1. The van der Waals surface area contributed by atoms with Gasteiger partial charge >= 0.3 is 0 Å². The fourth-order valence-electron chi connectivity index (χ4n) is 3.19. The van der Waals surface area contributed by atoms with Gasteiger partial charge in [0.15, 0.2) is 0 Å². The molecule has 2 rings (SSSR count). The summed E-state index contributed by atoms with van der Waals surface area (Å²) in [6, 6.07) is 8.73. The van der Waals surface area contributed by atoms with Crippen LogP contribution in [0.5, 0.6) is 0 Å². The molecule has 1 fully saturated rings. The van der Waals surface area contributed by atoms with E-state index in [-0.39, 0.29) is 5.41 Å². The highest BCUT2D eigenvalue weighted by Gasteiger charge is 2.29. The third kappa shape index (κ3) is 4.16. The molecule has 0 spiro atoms. The van der Waals surface area contributed by atoms with E-state index in [1.165, 1.54) is 17.7 Å². The number of para-hydroxylation sites is 1. The van der Waals surface area contributed by atoms with Gasteiger partial charge in [-0.25, -0.2) is 0 Å².